The van der Waals surface area contributed by atoms with Gasteiger partial charge in [0.25, 0.3) is 0 Å². The number of aliphatic carboxylic acids is 2. The molecule has 0 saturated carbocycles. The number of carbonyl (C=O) groups is 4. The van der Waals surface area contributed by atoms with Crippen LogP contribution in [0.3, 0.4) is 0 Å². The molecule has 0 aliphatic heterocycles. The van der Waals surface area contributed by atoms with Crippen molar-refractivity contribution in [2.24, 2.45) is 0 Å². The Hall–Kier alpha value is -2.40. The monoisotopic (exact) mass is 869 g/mol. The van der Waals surface area contributed by atoms with Crippen LogP contribution >= 0.6 is 0 Å². The molecule has 18 atom stereocenters. The molecule has 0 aliphatic rings. The molecule has 55 heavy (non-hydrogen) atoms. The number of hydrogen-bond donors (Lipinski definition) is 20. The fourth-order valence-corrected chi connectivity index (χ4v) is 3.66. The largest absolute Gasteiger partial charge is 2.00 e. The Kier molecular flexibility index (Phi) is 28.2. The van der Waals surface area contributed by atoms with Gasteiger partial charge in [0, 0.05) is 0 Å². The summed E-state index contributed by atoms with van der Waals surface area (Å²) >= 11 is 0. The number of rotatable bonds is 24. The van der Waals surface area contributed by atoms with Crippen LogP contribution in [0, 0.1) is 0 Å². The van der Waals surface area contributed by atoms with E-state index in [9.17, 15) is 90.7 Å². The minimum atomic E-state index is -2.70. The summed E-state index contributed by atoms with van der Waals surface area (Å²) in [5, 5.41) is 207. The molecular weight excluding hydrogens is 824 g/mol. The molecule has 0 rings (SSSR count). The van der Waals surface area contributed by atoms with E-state index in [0.717, 1.165) is 0 Å². The fourth-order valence-electron chi connectivity index (χ4n) is 3.66. The van der Waals surface area contributed by atoms with Gasteiger partial charge in [-0.2, -0.15) is 0 Å². The third kappa shape index (κ3) is 17.3. The van der Waals surface area contributed by atoms with Gasteiger partial charge in [-0.1, -0.05) is 0 Å². The summed E-state index contributed by atoms with van der Waals surface area (Å²) in [6.45, 7) is -4.28. The van der Waals surface area contributed by atoms with Gasteiger partial charge in [0.2, 0.25) is 0 Å². The number of hydrogen-bond acceptors (Lipinski definition) is 28. The minimum absolute atomic E-state index is 0. The summed E-state index contributed by atoms with van der Waals surface area (Å²) < 4.78 is 8.34. The Morgan fingerprint density at radius 1 is 0.364 bits per heavy atom. The molecule has 0 spiro atoms. The second-order valence-corrected chi connectivity index (χ2v) is 11.1. The maximum absolute atomic E-state index is 11.7. The van der Waals surface area contributed by atoms with Gasteiger partial charge in [-0.3, -0.25) is 0 Å². The van der Waals surface area contributed by atoms with E-state index in [4.69, 9.17) is 40.9 Å². The molecule has 0 aliphatic carbocycles. The van der Waals surface area contributed by atoms with Crippen LogP contribution in [-0.2, 0) is 45.7 Å². The van der Waals surface area contributed by atoms with Gasteiger partial charge in [0.1, 0.15) is 85.5 Å². The van der Waals surface area contributed by atoms with Gasteiger partial charge >= 0.3 is 29.0 Å². The Labute approximate surface area is 318 Å². The van der Waals surface area contributed by atoms with Gasteiger partial charge in [-0.25, -0.2) is 9.59 Å². The first-order valence-corrected chi connectivity index (χ1v) is 15.0. The van der Waals surface area contributed by atoms with Crippen molar-refractivity contribution in [2.75, 3.05) is 26.4 Å². The predicted octanol–water partition coefficient (Wildman–Crippen LogP) is -17.0. The molecule has 20 N–H and O–H groups in total. The Balaban J connectivity index is -0.000000966. The second-order valence-electron chi connectivity index (χ2n) is 11.1. The summed E-state index contributed by atoms with van der Waals surface area (Å²) in [4.78, 5) is 45.3. The minimum Gasteiger partial charge on any atom is -0.546 e. The smallest absolute Gasteiger partial charge is 0.546 e. The maximum Gasteiger partial charge on any atom is 2.00 e. The average Bonchev–Trinajstić information content (AvgIpc) is 3.16. The molecular formula is C26H46CuO28. The van der Waals surface area contributed by atoms with Crippen molar-refractivity contribution in [2.45, 2.75) is 110 Å². The average molecular weight is 870 g/mol. The summed E-state index contributed by atoms with van der Waals surface area (Å²) in [5.41, 5.74) is 0. The number of carbonyl (C=O) groups excluding carboxylic acids is 4. The Bertz CT molecular complexity index is 1040. The zero-order valence-electron chi connectivity index (χ0n) is 27.7. The zero-order chi connectivity index (χ0) is 42.9. The van der Waals surface area contributed by atoms with Crippen LogP contribution in [0.15, 0.2) is 0 Å². The molecule has 0 unspecified atom stereocenters. The van der Waals surface area contributed by atoms with E-state index in [1.54, 1.807) is 0 Å². The predicted molar refractivity (Wildman–Crippen MR) is 154 cm³/mol. The molecule has 0 fully saturated rings. The van der Waals surface area contributed by atoms with Crippen molar-refractivity contribution in [3.8, 4) is 0 Å². The molecule has 0 aromatic heterocycles. The summed E-state index contributed by atoms with van der Waals surface area (Å²) in [6, 6.07) is 0. The fraction of sp³-hybridized carbons (Fsp3) is 0.846. The number of carboxylic acid groups (broad SMARTS) is 2. The van der Waals surface area contributed by atoms with Crippen LogP contribution in [0.1, 0.15) is 0 Å². The van der Waals surface area contributed by atoms with E-state index in [-0.39, 0.29) is 17.1 Å². The number of carboxylic acids is 2. The van der Waals surface area contributed by atoms with Crippen LogP contribution in [-0.4, -0.2) is 262 Å². The summed E-state index contributed by atoms with van der Waals surface area (Å²) in [7, 11) is 0. The van der Waals surface area contributed by atoms with Crippen LogP contribution in [0.25, 0.3) is 0 Å². The molecule has 329 valence electrons. The molecule has 28 nitrogen and oxygen atoms in total. The third-order valence-corrected chi connectivity index (χ3v) is 7.13. The first kappa shape index (κ1) is 56.9. The van der Waals surface area contributed by atoms with Crippen molar-refractivity contribution < 1.29 is 158 Å². The van der Waals surface area contributed by atoms with Gasteiger partial charge in [-0.15, -0.1) is 0 Å². The summed E-state index contributed by atoms with van der Waals surface area (Å²) in [6.07, 6.45) is -42.6. The van der Waals surface area contributed by atoms with Crippen LogP contribution in [0.4, 0.5) is 0 Å². The van der Waals surface area contributed by atoms with Crippen molar-refractivity contribution in [3.63, 3.8) is 0 Å². The first-order valence-electron chi connectivity index (χ1n) is 15.0. The van der Waals surface area contributed by atoms with E-state index in [2.05, 4.69) is 9.47 Å². The van der Waals surface area contributed by atoms with Crippen LogP contribution < -0.4 is 10.2 Å². The zero-order valence-corrected chi connectivity index (χ0v) is 28.7. The number of ether oxygens (including phenoxy) is 2. The normalized spacial score (nSPS) is 21.5. The SMILES string of the molecule is O=C(O[C@@H](C(=O)[O-])[C@@H](O)[C@H](O)[C@H](O)CO)[C@H](O)[C@H](O)[C@H](O)[C@@H](O)[C@H](O)CO.O=C(O[C@@H](C(=O)[O-])[C@@H](O)[C@H](O)[C@H](O)CO)[C@H](O)[C@H](O)[C@H](O)[C@@H](O)[C@H](O)CO.[Cu+2]. The quantitative estimate of drug-likeness (QED) is 0.0316. The van der Waals surface area contributed by atoms with Crippen molar-refractivity contribution in [1.29, 1.82) is 0 Å². The molecule has 1 radical (unpaired) electrons. The number of esters is 2. The van der Waals surface area contributed by atoms with Gasteiger partial charge < -0.3 is 131 Å². The van der Waals surface area contributed by atoms with Gasteiger partial charge in [0.05, 0.1) is 38.4 Å². The number of aliphatic hydroxyl groups excluding tert-OH is 20. The third-order valence-electron chi connectivity index (χ3n) is 7.13. The van der Waals surface area contributed by atoms with E-state index in [0.29, 0.717) is 0 Å². The summed E-state index contributed by atoms with van der Waals surface area (Å²) in [5.74, 6) is -8.46. The number of aliphatic hydroxyl groups is 20. The topological polar surface area (TPSA) is 537 Å². The molecule has 0 amide bonds. The Morgan fingerprint density at radius 2 is 0.564 bits per heavy atom. The molecule has 0 bridgehead atoms. The molecule has 29 heteroatoms. The van der Waals surface area contributed by atoms with Crippen LogP contribution in [0.2, 0.25) is 0 Å². The van der Waals surface area contributed by atoms with Crippen LogP contribution in [0.5, 0.6) is 0 Å². The van der Waals surface area contributed by atoms with Crippen molar-refractivity contribution >= 4 is 23.9 Å². The molecule has 0 heterocycles. The second kappa shape index (κ2) is 27.3. The van der Waals surface area contributed by atoms with E-state index in [1.165, 1.54) is 0 Å². The first-order chi connectivity index (χ1) is 24.8. The maximum atomic E-state index is 11.7. The van der Waals surface area contributed by atoms with Gasteiger partial charge in [-0.05, 0) is 0 Å². The van der Waals surface area contributed by atoms with E-state index >= 15 is 0 Å². The van der Waals surface area contributed by atoms with Crippen molar-refractivity contribution in [1.82, 2.24) is 0 Å². The molecule has 0 aromatic carbocycles. The van der Waals surface area contributed by atoms with E-state index in [1.807, 2.05) is 0 Å². The van der Waals surface area contributed by atoms with E-state index < -0.39 is 160 Å². The molecule has 0 aromatic rings. The standard InChI is InChI=1S/2C13H24O14.Cu/c2*14-1-3(16)5(18)7(20)8(21)10(23)13(26)27-11(12(24)25)9(22)6(19)4(17)2-15;/h2*3-11,14-23H,1-2H2,(H,24,25);/q;;+2/p-2/t2*3-,4-,5+,6-,7-,8-,9+,10-,11-;/m11./s1. The van der Waals surface area contributed by atoms with Crippen molar-refractivity contribution in [3.05, 3.63) is 0 Å². The molecule has 0 saturated heterocycles. The Morgan fingerprint density at radius 3 is 0.745 bits per heavy atom. The van der Waals surface area contributed by atoms with Gasteiger partial charge in [0.15, 0.2) is 24.4 Å².